The van der Waals surface area contributed by atoms with Gasteiger partial charge in [-0.1, -0.05) is 17.7 Å². The van der Waals surface area contributed by atoms with Crippen LogP contribution in [0.1, 0.15) is 28.2 Å². The van der Waals surface area contributed by atoms with Gasteiger partial charge in [-0.05, 0) is 31.2 Å². The largest absolute Gasteiger partial charge is 0.459 e. The molecule has 1 amide bonds. The molecule has 7 nitrogen and oxygen atoms in total. The van der Waals surface area contributed by atoms with Crippen molar-refractivity contribution in [3.63, 3.8) is 0 Å². The molecule has 2 N–H and O–H groups in total. The SMILES string of the molecule is Cc1ccc(Nc2nc(COC(=O)CCNC(=O)c3ccco3)cs2)cc1. The molecule has 140 valence electrons. The van der Waals surface area contributed by atoms with Gasteiger partial charge in [-0.15, -0.1) is 11.3 Å². The molecule has 3 rings (SSSR count). The van der Waals surface area contributed by atoms with E-state index >= 15 is 0 Å². The summed E-state index contributed by atoms with van der Waals surface area (Å²) in [5, 5.41) is 8.37. The molecule has 1 aromatic carbocycles. The number of hydrogen-bond donors (Lipinski definition) is 2. The fourth-order valence-electron chi connectivity index (χ4n) is 2.19. The fourth-order valence-corrected chi connectivity index (χ4v) is 2.91. The number of anilines is 2. The highest BCUT2D eigenvalue weighted by atomic mass is 32.1. The zero-order chi connectivity index (χ0) is 19.1. The van der Waals surface area contributed by atoms with Gasteiger partial charge < -0.3 is 19.8 Å². The number of carbonyl (C=O) groups excluding carboxylic acids is 2. The maximum absolute atomic E-state index is 11.8. The van der Waals surface area contributed by atoms with Crippen molar-refractivity contribution in [2.75, 3.05) is 11.9 Å². The second kappa shape index (κ2) is 9.00. The first-order valence-corrected chi connectivity index (χ1v) is 9.23. The highest BCUT2D eigenvalue weighted by Gasteiger charge is 2.10. The van der Waals surface area contributed by atoms with E-state index in [1.165, 1.54) is 23.2 Å². The van der Waals surface area contributed by atoms with Crippen molar-refractivity contribution >= 4 is 34.0 Å². The Morgan fingerprint density at radius 2 is 2.04 bits per heavy atom. The predicted molar refractivity (Wildman–Crippen MR) is 102 cm³/mol. The Labute approximate surface area is 160 Å². The van der Waals surface area contributed by atoms with E-state index in [0.717, 1.165) is 10.8 Å². The molecule has 2 aromatic heterocycles. The second-order valence-electron chi connectivity index (χ2n) is 5.78. The first-order chi connectivity index (χ1) is 13.1. The normalized spacial score (nSPS) is 10.4. The maximum atomic E-state index is 11.8. The third-order valence-corrected chi connectivity index (χ3v) is 4.40. The van der Waals surface area contributed by atoms with Crippen LogP contribution in [0.2, 0.25) is 0 Å². The van der Waals surface area contributed by atoms with Gasteiger partial charge in [-0.3, -0.25) is 9.59 Å². The topological polar surface area (TPSA) is 93.5 Å². The molecule has 0 aliphatic carbocycles. The van der Waals surface area contributed by atoms with E-state index in [4.69, 9.17) is 9.15 Å². The summed E-state index contributed by atoms with van der Waals surface area (Å²) < 4.78 is 10.2. The zero-order valence-electron chi connectivity index (χ0n) is 14.7. The standard InChI is InChI=1S/C19H19N3O4S/c1-13-4-6-14(7-5-13)21-19-22-15(12-27-19)11-26-17(23)8-9-20-18(24)16-3-2-10-25-16/h2-7,10,12H,8-9,11H2,1H3,(H,20,24)(H,21,22). The van der Waals surface area contributed by atoms with E-state index < -0.39 is 5.97 Å². The van der Waals surface area contributed by atoms with Gasteiger partial charge in [-0.2, -0.15) is 0 Å². The first kappa shape index (κ1) is 18.7. The van der Waals surface area contributed by atoms with Gasteiger partial charge in [0, 0.05) is 17.6 Å². The van der Waals surface area contributed by atoms with Gasteiger partial charge in [0.2, 0.25) is 0 Å². The van der Waals surface area contributed by atoms with Crippen LogP contribution in [0.15, 0.2) is 52.5 Å². The van der Waals surface area contributed by atoms with E-state index in [9.17, 15) is 9.59 Å². The molecule has 3 aromatic rings. The van der Waals surface area contributed by atoms with E-state index in [0.29, 0.717) is 5.69 Å². The number of nitrogens with one attached hydrogen (secondary N) is 2. The van der Waals surface area contributed by atoms with E-state index in [2.05, 4.69) is 15.6 Å². The Balaban J connectivity index is 1.38. The number of aryl methyl sites for hydroxylation is 1. The summed E-state index contributed by atoms with van der Waals surface area (Å²) in [5.74, 6) is -0.561. The minimum absolute atomic E-state index is 0.0745. The van der Waals surface area contributed by atoms with Crippen molar-refractivity contribution in [2.45, 2.75) is 20.0 Å². The lowest BCUT2D eigenvalue weighted by molar-refractivity contribution is -0.144. The van der Waals surface area contributed by atoms with E-state index in [-0.39, 0.29) is 31.2 Å². The van der Waals surface area contributed by atoms with Gasteiger partial charge in [0.1, 0.15) is 6.61 Å². The molecule has 0 radical (unpaired) electrons. The van der Waals surface area contributed by atoms with Crippen molar-refractivity contribution in [3.05, 3.63) is 65.1 Å². The smallest absolute Gasteiger partial charge is 0.307 e. The number of aromatic nitrogens is 1. The van der Waals surface area contributed by atoms with Crippen LogP contribution in [0.4, 0.5) is 10.8 Å². The number of benzene rings is 1. The van der Waals surface area contributed by atoms with Crippen molar-refractivity contribution in [1.29, 1.82) is 0 Å². The second-order valence-corrected chi connectivity index (χ2v) is 6.64. The van der Waals surface area contributed by atoms with Crippen molar-refractivity contribution < 1.29 is 18.7 Å². The highest BCUT2D eigenvalue weighted by molar-refractivity contribution is 7.13. The molecule has 0 aliphatic heterocycles. The molecular weight excluding hydrogens is 366 g/mol. The number of rotatable bonds is 8. The summed E-state index contributed by atoms with van der Waals surface area (Å²) in [7, 11) is 0. The summed E-state index contributed by atoms with van der Waals surface area (Å²) in [6, 6.07) is 11.2. The third kappa shape index (κ3) is 5.68. The molecule has 8 heteroatoms. The molecule has 0 aliphatic rings. The van der Waals surface area contributed by atoms with E-state index in [1.807, 2.05) is 36.6 Å². The lowest BCUT2D eigenvalue weighted by atomic mass is 10.2. The van der Waals surface area contributed by atoms with Gasteiger partial charge >= 0.3 is 5.97 Å². The Morgan fingerprint density at radius 3 is 2.78 bits per heavy atom. The zero-order valence-corrected chi connectivity index (χ0v) is 15.5. The van der Waals surface area contributed by atoms with Crippen LogP contribution in [0.5, 0.6) is 0 Å². The van der Waals surface area contributed by atoms with E-state index in [1.54, 1.807) is 12.1 Å². The first-order valence-electron chi connectivity index (χ1n) is 8.35. The summed E-state index contributed by atoms with van der Waals surface area (Å²) in [5.41, 5.74) is 2.81. The molecule has 0 bridgehead atoms. The fraction of sp³-hybridized carbons (Fsp3) is 0.211. The van der Waals surface area contributed by atoms with Crippen LogP contribution in [0.3, 0.4) is 0 Å². The Bertz CT molecular complexity index is 888. The molecule has 27 heavy (non-hydrogen) atoms. The van der Waals surface area contributed by atoms with Gasteiger partial charge in [0.15, 0.2) is 10.9 Å². The van der Waals surface area contributed by atoms with Crippen LogP contribution in [-0.4, -0.2) is 23.4 Å². The van der Waals surface area contributed by atoms with Crippen LogP contribution < -0.4 is 10.6 Å². The Kier molecular flexibility index (Phi) is 6.22. The number of hydrogen-bond acceptors (Lipinski definition) is 7. The Hall–Kier alpha value is -3.13. The molecule has 0 saturated carbocycles. The van der Waals surface area contributed by atoms with Crippen LogP contribution in [0.25, 0.3) is 0 Å². The summed E-state index contributed by atoms with van der Waals surface area (Å²) in [6.45, 7) is 2.30. The maximum Gasteiger partial charge on any atom is 0.307 e. The molecule has 0 unspecified atom stereocenters. The number of thiazole rings is 1. The summed E-state index contributed by atoms with van der Waals surface area (Å²) in [4.78, 5) is 27.8. The number of ether oxygens (including phenoxy) is 1. The highest BCUT2D eigenvalue weighted by Crippen LogP contribution is 2.21. The average molecular weight is 385 g/mol. The van der Waals surface area contributed by atoms with Crippen LogP contribution in [0, 0.1) is 6.92 Å². The number of amides is 1. The van der Waals surface area contributed by atoms with Gasteiger partial charge in [0.05, 0.1) is 18.4 Å². The monoisotopic (exact) mass is 385 g/mol. The number of esters is 1. The van der Waals surface area contributed by atoms with Crippen molar-refractivity contribution in [1.82, 2.24) is 10.3 Å². The number of nitrogens with zero attached hydrogens (tertiary/aromatic N) is 1. The quantitative estimate of drug-likeness (QED) is 0.575. The molecule has 0 saturated heterocycles. The van der Waals surface area contributed by atoms with Crippen LogP contribution in [-0.2, 0) is 16.1 Å². The van der Waals surface area contributed by atoms with Gasteiger partial charge in [0.25, 0.3) is 5.91 Å². The summed E-state index contributed by atoms with van der Waals surface area (Å²) >= 11 is 1.44. The molecule has 0 spiro atoms. The van der Waals surface area contributed by atoms with Crippen molar-refractivity contribution in [2.24, 2.45) is 0 Å². The summed E-state index contributed by atoms with van der Waals surface area (Å²) in [6.07, 6.45) is 1.49. The molecule has 2 heterocycles. The third-order valence-electron chi connectivity index (χ3n) is 3.60. The number of furan rings is 1. The van der Waals surface area contributed by atoms with Crippen molar-refractivity contribution in [3.8, 4) is 0 Å². The number of carbonyl (C=O) groups is 2. The van der Waals surface area contributed by atoms with Crippen LogP contribution >= 0.6 is 11.3 Å². The predicted octanol–water partition coefficient (Wildman–Crippen LogP) is 3.65. The Morgan fingerprint density at radius 1 is 1.22 bits per heavy atom. The molecular formula is C19H19N3O4S. The molecule has 0 fully saturated rings. The minimum atomic E-state index is -0.407. The minimum Gasteiger partial charge on any atom is -0.459 e. The molecule has 0 atom stereocenters. The lowest BCUT2D eigenvalue weighted by Gasteiger charge is -2.04. The van der Waals surface area contributed by atoms with Gasteiger partial charge in [-0.25, -0.2) is 4.98 Å². The lowest BCUT2D eigenvalue weighted by Crippen LogP contribution is -2.26. The average Bonchev–Trinajstić information content (AvgIpc) is 3.34.